The SMILES string of the molecule is CN(C)CCOc1ccc(-c2cc(-c3cc(Cl)ccc3F)nc3ncccc23)c2ccncc12.Fc1ccc(Cl)cc1-c1cc(-c2ccc(Cl)c3cnccc23)c2cccnc2n1.O=c1[nH]ccc2c(-c3cc(-c4ccccc4F)nc4ncccc34)nccc12.O=c1c2cnccc2c(-c2cc(-c3cc(Cl)ccc3F)nc3ncccc23)cn1CC(O)CO. The van der Waals surface area contributed by atoms with Crippen LogP contribution in [-0.4, -0.2) is 124 Å². The number of likely N-dealkylation sites (N-methyl/N-ethyl adjacent to an activating group) is 1. The van der Waals surface area contributed by atoms with Gasteiger partial charge in [-0.05, 0) is 240 Å². The van der Waals surface area contributed by atoms with Crippen LogP contribution in [0.25, 0.3) is 177 Å². The van der Waals surface area contributed by atoms with E-state index in [-0.39, 0.29) is 29.0 Å². The Morgan fingerprint density at radius 2 is 0.840 bits per heavy atom. The van der Waals surface area contributed by atoms with E-state index in [1.807, 2.05) is 117 Å². The number of halogens is 8. The molecular weight excluding hydrogens is 1670 g/mol. The van der Waals surface area contributed by atoms with Gasteiger partial charge in [0.05, 0.1) is 58.5 Å². The molecule has 0 spiro atoms. The lowest BCUT2D eigenvalue weighted by molar-refractivity contribution is 0.0805. The fourth-order valence-electron chi connectivity index (χ4n) is 14.9. The molecule has 0 bridgehead atoms. The Labute approximate surface area is 728 Å². The molecule has 0 saturated heterocycles. The number of pyridine rings is 14. The van der Waals surface area contributed by atoms with Crippen LogP contribution in [0.15, 0.2) is 296 Å². The van der Waals surface area contributed by atoms with Gasteiger partial charge in [-0.3, -0.25) is 29.5 Å². The lowest BCUT2D eigenvalue weighted by atomic mass is 9.95. The molecule has 0 saturated carbocycles. The number of nitrogens with one attached hydrogen (secondary N) is 1. The van der Waals surface area contributed by atoms with Crippen molar-refractivity contribution in [3.8, 4) is 95.4 Å². The normalized spacial score (nSPS) is 11.6. The number of H-pyrrole nitrogens is 1. The minimum atomic E-state index is -1.12. The second kappa shape index (κ2) is 36.4. The van der Waals surface area contributed by atoms with Crippen LogP contribution in [0.5, 0.6) is 5.75 Å². The summed E-state index contributed by atoms with van der Waals surface area (Å²) >= 11 is 24.8. The van der Waals surface area contributed by atoms with E-state index in [9.17, 15) is 37.4 Å². The van der Waals surface area contributed by atoms with E-state index in [4.69, 9.17) is 51.1 Å². The second-order valence-corrected chi connectivity index (χ2v) is 30.7. The standard InChI is InChI=1S/C27H22ClFN4O.C25H18ClFN4O3.C23H12Cl2FN3.C22H13FN4O/c1-33(2)12-13-34-26-8-6-18(19-9-11-30-16-23(19)26)21-15-25(22-14-17(28)5-7-24(22)29)32-27-20(21)4-3-10-31-27;26-14-3-4-22(27)19(8-14)23-9-18(17-2-1-6-29-24(17)30-23)21-12-31(11-15(33)13-32)25(34)20-10-28-7-5-16(20)21;24-13-3-6-21(26)18(10-13)22-11-17(16-2-1-8-28-23(16)29-22)14-4-5-20(25)19-12-27-9-7-15(14)19;23-18-6-2-1-4-16(18)19-12-17(14-5-3-9-25-21(14)27-19)20-13-7-11-26-22(28)15(13)8-10-24-20/h3-11,14-16H,12-13H2,1-2H3;1-10,12,15,32-33H,11,13H2;1-12H;1-12H,(H,26,28). The van der Waals surface area contributed by atoms with Gasteiger partial charge in [-0.15, -0.1) is 0 Å². The van der Waals surface area contributed by atoms with Crippen LogP contribution in [0, 0.1) is 23.3 Å². The third-order valence-corrected chi connectivity index (χ3v) is 21.8. The Bertz CT molecular complexity index is 7730. The summed E-state index contributed by atoms with van der Waals surface area (Å²) in [7, 11) is 4.02. The fraction of sp³-hybridized carbons (Fsp3) is 0.0722. The van der Waals surface area contributed by atoms with Crippen molar-refractivity contribution in [2.24, 2.45) is 0 Å². The van der Waals surface area contributed by atoms with Gasteiger partial charge in [-0.2, -0.15) is 0 Å². The molecule has 6 aromatic carbocycles. The molecule has 1 unspecified atom stereocenters. The highest BCUT2D eigenvalue weighted by atomic mass is 35.5. The Balaban J connectivity index is 0.000000118. The number of rotatable bonds is 15. The van der Waals surface area contributed by atoms with Gasteiger partial charge in [0.15, 0.2) is 22.6 Å². The van der Waals surface area contributed by atoms with E-state index < -0.39 is 30.2 Å². The van der Waals surface area contributed by atoms with E-state index in [2.05, 4.69) is 69.7 Å². The number of hydrogen-bond donors (Lipinski definition) is 3. The summed E-state index contributed by atoms with van der Waals surface area (Å²) in [6.45, 7) is 0.771. The predicted molar refractivity (Wildman–Crippen MR) is 485 cm³/mol. The van der Waals surface area contributed by atoms with Crippen LogP contribution in [-0.2, 0) is 6.54 Å². The monoisotopic (exact) mass is 1740 g/mol. The molecule has 125 heavy (non-hydrogen) atoms. The molecule has 14 heterocycles. The van der Waals surface area contributed by atoms with Gasteiger partial charge >= 0.3 is 0 Å². The lowest BCUT2D eigenvalue weighted by Crippen LogP contribution is -2.28. The van der Waals surface area contributed by atoms with Crippen molar-refractivity contribution in [3.63, 3.8) is 0 Å². The smallest absolute Gasteiger partial charge is 0.260 e. The first-order valence-corrected chi connectivity index (χ1v) is 40.4. The zero-order chi connectivity index (χ0) is 86.5. The van der Waals surface area contributed by atoms with Crippen molar-refractivity contribution in [1.82, 2.24) is 74.3 Å². The molecule has 3 N–H and O–H groups in total. The number of aromatic amines is 1. The van der Waals surface area contributed by atoms with Crippen molar-refractivity contribution >= 4 is 134 Å². The van der Waals surface area contributed by atoms with Gasteiger partial charge in [0.25, 0.3) is 11.1 Å². The minimum Gasteiger partial charge on any atom is -0.492 e. The molecule has 0 aliphatic carbocycles. The number of fused-ring (bicyclic) bond motifs is 8. The van der Waals surface area contributed by atoms with Crippen LogP contribution >= 0.6 is 46.4 Å². The van der Waals surface area contributed by atoms with E-state index in [0.717, 1.165) is 77.8 Å². The molecule has 614 valence electrons. The van der Waals surface area contributed by atoms with E-state index in [1.165, 1.54) is 59.3 Å². The van der Waals surface area contributed by atoms with Crippen molar-refractivity contribution in [1.29, 1.82) is 0 Å². The van der Waals surface area contributed by atoms with E-state index >= 15 is 0 Å². The molecular formula is C97H65Cl4F4N15O5. The maximum absolute atomic E-state index is 14.7. The summed E-state index contributed by atoms with van der Waals surface area (Å²) in [5.41, 5.74) is 10.7. The van der Waals surface area contributed by atoms with Gasteiger partial charge in [-0.1, -0.05) is 70.7 Å². The van der Waals surface area contributed by atoms with Crippen molar-refractivity contribution in [3.05, 3.63) is 351 Å². The van der Waals surface area contributed by atoms with Crippen LogP contribution in [0.4, 0.5) is 17.6 Å². The summed E-state index contributed by atoms with van der Waals surface area (Å²) in [4.78, 5) is 83.0. The van der Waals surface area contributed by atoms with Gasteiger partial charge in [0, 0.05) is 178 Å². The number of aliphatic hydroxyl groups excluding tert-OH is 2. The number of ether oxygens (including phenoxy) is 1. The van der Waals surface area contributed by atoms with Crippen LogP contribution in [0.1, 0.15) is 0 Å². The average molecular weight is 1740 g/mol. The first-order chi connectivity index (χ1) is 60.8. The zero-order valence-corrected chi connectivity index (χ0v) is 69.0. The Kier molecular flexibility index (Phi) is 24.1. The summed E-state index contributed by atoms with van der Waals surface area (Å²) in [6, 6.07) is 58.7. The Morgan fingerprint density at radius 3 is 1.35 bits per heavy atom. The molecule has 1 atom stereocenters. The predicted octanol–water partition coefficient (Wildman–Crippen LogP) is 21.4. The second-order valence-electron chi connectivity index (χ2n) is 29.0. The quantitative estimate of drug-likeness (QED) is 0.0805. The van der Waals surface area contributed by atoms with Crippen molar-refractivity contribution in [2.75, 3.05) is 33.9 Å². The highest BCUT2D eigenvalue weighted by Crippen LogP contribution is 2.43. The highest BCUT2D eigenvalue weighted by Gasteiger charge is 2.24. The third-order valence-electron chi connectivity index (χ3n) is 20.8. The Morgan fingerprint density at radius 1 is 0.400 bits per heavy atom. The van der Waals surface area contributed by atoms with E-state index in [1.54, 1.807) is 129 Å². The molecule has 14 aromatic heterocycles. The number of hydrogen-bond acceptors (Lipinski definition) is 18. The summed E-state index contributed by atoms with van der Waals surface area (Å²) in [5, 5.41) is 30.2. The first-order valence-electron chi connectivity index (χ1n) is 38.9. The van der Waals surface area contributed by atoms with E-state index in [0.29, 0.717) is 133 Å². The largest absolute Gasteiger partial charge is 0.492 e. The van der Waals surface area contributed by atoms with Crippen molar-refractivity contribution in [2.45, 2.75) is 12.6 Å². The number of aliphatic hydroxyl groups is 2. The average Bonchev–Trinajstić information content (AvgIpc) is 0.757. The van der Waals surface area contributed by atoms with Gasteiger partial charge in [0.2, 0.25) is 0 Å². The summed E-state index contributed by atoms with van der Waals surface area (Å²) < 4.78 is 65.8. The molecule has 20 rings (SSSR count). The minimum absolute atomic E-state index is 0.107. The molecule has 20 nitrogen and oxygen atoms in total. The summed E-state index contributed by atoms with van der Waals surface area (Å²) in [6.07, 6.45) is 20.3. The molecule has 28 heteroatoms. The third kappa shape index (κ3) is 17.4. The van der Waals surface area contributed by atoms with Crippen LogP contribution in [0.3, 0.4) is 0 Å². The maximum Gasteiger partial charge on any atom is 0.260 e. The van der Waals surface area contributed by atoms with Crippen molar-refractivity contribution < 1.29 is 32.5 Å². The van der Waals surface area contributed by atoms with Gasteiger partial charge in [0.1, 0.15) is 35.6 Å². The number of nitrogens with zero attached hydrogens (tertiary/aromatic N) is 14. The lowest BCUT2D eigenvalue weighted by Gasteiger charge is -2.16. The molecule has 0 radical (unpaired) electrons. The number of benzene rings is 6. The van der Waals surface area contributed by atoms with Crippen LogP contribution < -0.4 is 15.9 Å². The zero-order valence-electron chi connectivity index (χ0n) is 65.9. The highest BCUT2D eigenvalue weighted by molar-refractivity contribution is 6.36. The van der Waals surface area contributed by atoms with Crippen LogP contribution in [0.2, 0.25) is 20.1 Å². The maximum atomic E-state index is 14.7. The first kappa shape index (κ1) is 82.9. The molecule has 0 aliphatic heterocycles. The number of aromatic nitrogens is 14. The Hall–Kier alpha value is -14.3. The molecule has 20 aromatic rings. The molecule has 0 aliphatic rings. The molecule has 0 amide bonds. The molecule has 0 fully saturated rings. The van der Waals surface area contributed by atoms with Gasteiger partial charge in [-0.25, -0.2) is 57.4 Å². The van der Waals surface area contributed by atoms with Gasteiger partial charge < -0.3 is 29.4 Å². The fourth-order valence-corrected chi connectivity index (χ4v) is 15.6. The summed E-state index contributed by atoms with van der Waals surface area (Å²) in [5.74, 6) is -0.863. The topological polar surface area (TPSA) is 262 Å².